The maximum atomic E-state index is 10.6. The molecule has 332 valence electrons. The first-order valence-corrected chi connectivity index (χ1v) is 22.3. The van der Waals surface area contributed by atoms with Crippen molar-refractivity contribution in [1.82, 2.24) is 0 Å². The van der Waals surface area contributed by atoms with Crippen LogP contribution in [-0.2, 0) is 25.7 Å². The van der Waals surface area contributed by atoms with Crippen LogP contribution in [0.25, 0.3) is 0 Å². The highest BCUT2D eigenvalue weighted by molar-refractivity contribution is 5.87. The molecule has 0 saturated heterocycles. The Hall–Kier alpha value is -6.94. The standard InChI is InChI=1S/C54H58N2O8/c1-5-19-61-51-35-11-9-12-36(51)24-40-28-46(56-34-44-32-48(58)16-18-50(44)60)30-42(54(40)64-22-8-4)26-38-14-10-13-37(52(38)62-20-6-2)25-41-29-45(27-39(23-35)53(41)63-21-7-3)55-33-43-31-47(57)15-17-49(43)59/h9-18,27-34,57-60H,5-8,19-26H2,1-4H3. The molecule has 0 spiro atoms. The number of phenolic OH excluding ortho intramolecular Hbond substituents is 4. The highest BCUT2D eigenvalue weighted by Gasteiger charge is 2.23. The minimum atomic E-state index is 0.0122. The first-order chi connectivity index (χ1) is 31.2. The number of phenols is 4. The van der Waals surface area contributed by atoms with E-state index < -0.39 is 0 Å². The molecule has 10 heteroatoms. The Morgan fingerprint density at radius 2 is 0.703 bits per heavy atom. The lowest BCUT2D eigenvalue weighted by Gasteiger charge is -2.23. The van der Waals surface area contributed by atoms with Gasteiger partial charge in [-0.15, -0.1) is 0 Å². The van der Waals surface area contributed by atoms with Crippen LogP contribution in [0.1, 0.15) is 109 Å². The summed E-state index contributed by atoms with van der Waals surface area (Å²) in [7, 11) is 0. The zero-order valence-corrected chi connectivity index (χ0v) is 37.2. The van der Waals surface area contributed by atoms with E-state index in [9.17, 15) is 20.4 Å². The monoisotopic (exact) mass is 862 g/mol. The zero-order valence-electron chi connectivity index (χ0n) is 37.2. The van der Waals surface area contributed by atoms with Gasteiger partial charge >= 0.3 is 0 Å². The third-order valence-electron chi connectivity index (χ3n) is 10.9. The Balaban J connectivity index is 1.48. The fourth-order valence-corrected chi connectivity index (χ4v) is 7.94. The Labute approximate surface area is 376 Å². The van der Waals surface area contributed by atoms with Gasteiger partial charge in [-0.3, -0.25) is 9.98 Å². The molecule has 0 fully saturated rings. The van der Waals surface area contributed by atoms with E-state index >= 15 is 0 Å². The molecule has 4 N–H and O–H groups in total. The molecule has 0 amide bonds. The number of aromatic hydroxyl groups is 4. The molecule has 8 bridgehead atoms. The van der Waals surface area contributed by atoms with Gasteiger partial charge < -0.3 is 39.4 Å². The number of para-hydroxylation sites is 2. The number of aliphatic imine (C=N–C) groups is 2. The van der Waals surface area contributed by atoms with Gasteiger partial charge in [-0.25, -0.2) is 0 Å². The van der Waals surface area contributed by atoms with Crippen molar-refractivity contribution in [3.63, 3.8) is 0 Å². The first kappa shape index (κ1) is 45.1. The van der Waals surface area contributed by atoms with Crippen LogP contribution in [0.5, 0.6) is 46.0 Å². The third-order valence-corrected chi connectivity index (χ3v) is 10.9. The maximum Gasteiger partial charge on any atom is 0.126 e. The molecule has 6 aromatic rings. The highest BCUT2D eigenvalue weighted by atomic mass is 16.5. The molecule has 0 heterocycles. The van der Waals surface area contributed by atoms with Crippen molar-refractivity contribution in [2.45, 2.75) is 79.1 Å². The molecule has 64 heavy (non-hydrogen) atoms. The van der Waals surface area contributed by atoms with Crippen molar-refractivity contribution in [3.05, 3.63) is 153 Å². The first-order valence-electron chi connectivity index (χ1n) is 22.3. The van der Waals surface area contributed by atoms with Crippen LogP contribution in [0, 0.1) is 0 Å². The van der Waals surface area contributed by atoms with E-state index in [1.807, 2.05) is 24.3 Å². The topological polar surface area (TPSA) is 143 Å². The molecule has 0 unspecified atom stereocenters. The Morgan fingerprint density at radius 1 is 0.406 bits per heavy atom. The Morgan fingerprint density at radius 3 is 1.00 bits per heavy atom. The van der Waals surface area contributed by atoms with E-state index in [0.29, 0.717) is 74.6 Å². The van der Waals surface area contributed by atoms with Gasteiger partial charge in [-0.2, -0.15) is 0 Å². The van der Waals surface area contributed by atoms with Gasteiger partial charge in [0.05, 0.1) is 37.8 Å². The van der Waals surface area contributed by atoms with Gasteiger partial charge in [0, 0.05) is 71.5 Å². The van der Waals surface area contributed by atoms with Gasteiger partial charge in [0.2, 0.25) is 0 Å². The number of benzene rings is 6. The maximum absolute atomic E-state index is 10.6. The van der Waals surface area contributed by atoms with Crippen LogP contribution < -0.4 is 18.9 Å². The quantitative estimate of drug-likeness (QED) is 0.0556. The molecule has 7 rings (SSSR count). The summed E-state index contributed by atoms with van der Waals surface area (Å²) in [5, 5.41) is 41.6. The second-order valence-electron chi connectivity index (χ2n) is 16.1. The second-order valence-corrected chi connectivity index (χ2v) is 16.1. The van der Waals surface area contributed by atoms with Gasteiger partial charge in [0.1, 0.15) is 46.0 Å². The smallest absolute Gasteiger partial charge is 0.126 e. The largest absolute Gasteiger partial charge is 0.508 e. The van der Waals surface area contributed by atoms with Crippen LogP contribution in [0.2, 0.25) is 0 Å². The molecule has 0 radical (unpaired) electrons. The van der Waals surface area contributed by atoms with E-state index in [1.165, 1.54) is 36.4 Å². The molecule has 0 aliphatic heterocycles. The SMILES string of the molecule is CCCOc1c2cccc1Cc1cc(N=Cc3cc(O)ccc3O)cc(c1OCCC)Cc1cccc(c1OCCC)Cc1cc(N=Cc3cc(O)ccc3O)cc(c1OCCC)C2. The fourth-order valence-electron chi connectivity index (χ4n) is 7.94. The summed E-state index contributed by atoms with van der Waals surface area (Å²) in [4.78, 5) is 9.75. The number of hydrogen-bond donors (Lipinski definition) is 4. The lowest BCUT2D eigenvalue weighted by Crippen LogP contribution is -2.10. The summed E-state index contributed by atoms with van der Waals surface area (Å²) in [6.07, 6.45) is 8.30. The normalized spacial score (nSPS) is 12.4. The van der Waals surface area contributed by atoms with Crippen molar-refractivity contribution >= 4 is 23.8 Å². The Bertz CT molecular complexity index is 2360. The van der Waals surface area contributed by atoms with Crippen molar-refractivity contribution in [2.75, 3.05) is 26.4 Å². The van der Waals surface area contributed by atoms with Crippen LogP contribution >= 0.6 is 0 Å². The average Bonchev–Trinajstić information content (AvgIpc) is 3.28. The van der Waals surface area contributed by atoms with E-state index in [-0.39, 0.29) is 23.0 Å². The van der Waals surface area contributed by atoms with Crippen molar-refractivity contribution < 1.29 is 39.4 Å². The summed E-state index contributed by atoms with van der Waals surface area (Å²) in [5.41, 5.74) is 9.76. The number of ether oxygens (including phenoxy) is 4. The lowest BCUT2D eigenvalue weighted by atomic mass is 9.90. The molecule has 1 aliphatic carbocycles. The minimum Gasteiger partial charge on any atom is -0.508 e. The summed E-state index contributed by atoms with van der Waals surface area (Å²) in [6, 6.07) is 29.4. The number of fused-ring (bicyclic) bond motifs is 8. The number of nitrogens with zero attached hydrogens (tertiary/aromatic N) is 2. The minimum absolute atomic E-state index is 0.0122. The summed E-state index contributed by atoms with van der Waals surface area (Å²) in [5.74, 6) is 3.24. The lowest BCUT2D eigenvalue weighted by molar-refractivity contribution is 0.304. The molecule has 10 nitrogen and oxygen atoms in total. The molecule has 0 aromatic heterocycles. The fraction of sp³-hybridized carbons (Fsp3) is 0.296. The summed E-state index contributed by atoms with van der Waals surface area (Å²) in [6.45, 7) is 10.5. The van der Waals surface area contributed by atoms with Crippen LogP contribution in [-0.4, -0.2) is 59.3 Å². The summed E-state index contributed by atoms with van der Waals surface area (Å²) < 4.78 is 26.8. The Kier molecular flexibility index (Phi) is 15.1. The molecule has 1 aliphatic rings. The van der Waals surface area contributed by atoms with Crippen molar-refractivity contribution in [1.29, 1.82) is 0 Å². The predicted molar refractivity (Wildman–Crippen MR) is 254 cm³/mol. The molecular weight excluding hydrogens is 805 g/mol. The zero-order chi connectivity index (χ0) is 45.0. The van der Waals surface area contributed by atoms with Crippen molar-refractivity contribution in [3.8, 4) is 46.0 Å². The van der Waals surface area contributed by atoms with E-state index in [4.69, 9.17) is 28.9 Å². The molecule has 0 atom stereocenters. The van der Waals surface area contributed by atoms with E-state index in [0.717, 1.165) is 93.2 Å². The number of hydrogen-bond acceptors (Lipinski definition) is 10. The van der Waals surface area contributed by atoms with Crippen LogP contribution in [0.4, 0.5) is 11.4 Å². The average molecular weight is 863 g/mol. The van der Waals surface area contributed by atoms with Gasteiger partial charge in [0.15, 0.2) is 0 Å². The number of rotatable bonds is 16. The predicted octanol–water partition coefficient (Wildman–Crippen LogP) is 11.8. The molecular formula is C54H58N2O8. The summed E-state index contributed by atoms with van der Waals surface area (Å²) >= 11 is 0. The van der Waals surface area contributed by atoms with Crippen LogP contribution in [0.3, 0.4) is 0 Å². The van der Waals surface area contributed by atoms with Crippen LogP contribution in [0.15, 0.2) is 107 Å². The third kappa shape index (κ3) is 11.0. The highest BCUT2D eigenvalue weighted by Crippen LogP contribution is 2.42. The second kappa shape index (κ2) is 21.4. The van der Waals surface area contributed by atoms with Gasteiger partial charge in [0.25, 0.3) is 0 Å². The molecule has 0 saturated carbocycles. The van der Waals surface area contributed by atoms with E-state index in [1.54, 1.807) is 12.4 Å². The molecule has 6 aromatic carbocycles. The van der Waals surface area contributed by atoms with Gasteiger partial charge in [-0.05, 0) is 109 Å². The van der Waals surface area contributed by atoms with E-state index in [2.05, 4.69) is 64.1 Å². The van der Waals surface area contributed by atoms with Gasteiger partial charge in [-0.1, -0.05) is 64.1 Å². The van der Waals surface area contributed by atoms with Crippen molar-refractivity contribution in [2.24, 2.45) is 9.98 Å².